The third-order valence-corrected chi connectivity index (χ3v) is 2.42. The predicted molar refractivity (Wildman–Crippen MR) is 63.5 cm³/mol. The second-order valence-electron chi connectivity index (χ2n) is 4.19. The number of hydrogen-bond donors (Lipinski definition) is 1. The smallest absolute Gasteiger partial charge is 0.194 e. The number of nitrogens with one attached hydrogen (secondary N) is 1. The van der Waals surface area contributed by atoms with E-state index in [1.807, 2.05) is 13.2 Å². The number of hydrogen-bond acceptors (Lipinski definition) is 4. The fourth-order valence-electron chi connectivity index (χ4n) is 1.66. The van der Waals surface area contributed by atoms with Crippen molar-refractivity contribution in [3.63, 3.8) is 0 Å². The second kappa shape index (κ2) is 7.41. The summed E-state index contributed by atoms with van der Waals surface area (Å²) >= 11 is 0. The maximum Gasteiger partial charge on any atom is 0.194 e. The second-order valence-corrected chi connectivity index (χ2v) is 4.19. The van der Waals surface area contributed by atoms with Gasteiger partial charge in [-0.2, -0.15) is 0 Å². The SMILES string of the molecule is CNCCCc1ncc(CC(C)COC)o1. The van der Waals surface area contributed by atoms with Gasteiger partial charge < -0.3 is 14.5 Å². The highest BCUT2D eigenvalue weighted by Crippen LogP contribution is 2.11. The molecule has 1 aromatic heterocycles. The molecule has 16 heavy (non-hydrogen) atoms. The lowest BCUT2D eigenvalue weighted by Gasteiger charge is -2.06. The van der Waals surface area contributed by atoms with Crippen molar-refractivity contribution in [2.75, 3.05) is 27.3 Å². The van der Waals surface area contributed by atoms with Crippen LogP contribution in [-0.2, 0) is 17.6 Å². The first-order valence-electron chi connectivity index (χ1n) is 5.83. The third-order valence-electron chi connectivity index (χ3n) is 2.42. The van der Waals surface area contributed by atoms with Gasteiger partial charge in [-0.25, -0.2) is 4.98 Å². The normalized spacial score (nSPS) is 12.9. The van der Waals surface area contributed by atoms with Gasteiger partial charge in [0.2, 0.25) is 0 Å². The summed E-state index contributed by atoms with van der Waals surface area (Å²) in [6, 6.07) is 0. The zero-order chi connectivity index (χ0) is 11.8. The summed E-state index contributed by atoms with van der Waals surface area (Å²) in [5, 5.41) is 3.11. The van der Waals surface area contributed by atoms with Gasteiger partial charge in [0.15, 0.2) is 5.89 Å². The molecular weight excluding hydrogens is 204 g/mol. The van der Waals surface area contributed by atoms with Crippen molar-refractivity contribution in [3.8, 4) is 0 Å². The monoisotopic (exact) mass is 226 g/mol. The zero-order valence-electron chi connectivity index (χ0n) is 10.5. The number of rotatable bonds is 8. The van der Waals surface area contributed by atoms with Crippen LogP contribution in [0.5, 0.6) is 0 Å². The molecule has 1 heterocycles. The van der Waals surface area contributed by atoms with Crippen molar-refractivity contribution in [1.29, 1.82) is 0 Å². The molecule has 0 aromatic carbocycles. The molecule has 1 aromatic rings. The van der Waals surface area contributed by atoms with Crippen molar-refractivity contribution in [3.05, 3.63) is 17.8 Å². The van der Waals surface area contributed by atoms with Crippen molar-refractivity contribution in [1.82, 2.24) is 10.3 Å². The topological polar surface area (TPSA) is 47.3 Å². The van der Waals surface area contributed by atoms with Crippen LogP contribution in [0.1, 0.15) is 25.0 Å². The van der Waals surface area contributed by atoms with Gasteiger partial charge in [0.05, 0.1) is 6.20 Å². The van der Waals surface area contributed by atoms with E-state index in [2.05, 4.69) is 17.2 Å². The lowest BCUT2D eigenvalue weighted by molar-refractivity contribution is 0.156. The van der Waals surface area contributed by atoms with E-state index in [0.29, 0.717) is 5.92 Å². The average Bonchev–Trinajstić information content (AvgIpc) is 2.66. The van der Waals surface area contributed by atoms with Crippen LogP contribution in [0.3, 0.4) is 0 Å². The molecule has 1 rings (SSSR count). The lowest BCUT2D eigenvalue weighted by Crippen LogP contribution is -2.08. The van der Waals surface area contributed by atoms with Gasteiger partial charge in [0, 0.05) is 26.6 Å². The van der Waals surface area contributed by atoms with Crippen LogP contribution in [0, 0.1) is 5.92 Å². The Morgan fingerprint density at radius 3 is 3.06 bits per heavy atom. The van der Waals surface area contributed by atoms with Gasteiger partial charge in [-0.3, -0.25) is 0 Å². The van der Waals surface area contributed by atoms with Gasteiger partial charge in [0.1, 0.15) is 5.76 Å². The summed E-state index contributed by atoms with van der Waals surface area (Å²) in [7, 11) is 3.67. The molecule has 0 bridgehead atoms. The van der Waals surface area contributed by atoms with E-state index >= 15 is 0 Å². The van der Waals surface area contributed by atoms with E-state index in [0.717, 1.165) is 44.1 Å². The minimum absolute atomic E-state index is 0.475. The highest BCUT2D eigenvalue weighted by molar-refractivity contribution is 4.95. The van der Waals surface area contributed by atoms with Crippen molar-refractivity contribution >= 4 is 0 Å². The van der Waals surface area contributed by atoms with Crippen LogP contribution in [0.2, 0.25) is 0 Å². The Morgan fingerprint density at radius 2 is 2.38 bits per heavy atom. The number of oxazole rings is 1. The molecule has 4 heteroatoms. The van der Waals surface area contributed by atoms with Crippen LogP contribution < -0.4 is 5.32 Å². The molecule has 0 amide bonds. The van der Waals surface area contributed by atoms with E-state index in [-0.39, 0.29) is 0 Å². The Bertz CT molecular complexity index is 286. The quantitative estimate of drug-likeness (QED) is 0.685. The summed E-state index contributed by atoms with van der Waals surface area (Å²) in [5.41, 5.74) is 0. The largest absolute Gasteiger partial charge is 0.446 e. The van der Waals surface area contributed by atoms with Gasteiger partial charge in [-0.15, -0.1) is 0 Å². The summed E-state index contributed by atoms with van der Waals surface area (Å²) in [6.45, 7) is 3.90. The van der Waals surface area contributed by atoms with Crippen molar-refractivity contribution < 1.29 is 9.15 Å². The first-order valence-corrected chi connectivity index (χ1v) is 5.83. The van der Waals surface area contributed by atoms with E-state index in [1.165, 1.54) is 0 Å². The molecule has 4 nitrogen and oxygen atoms in total. The fraction of sp³-hybridized carbons (Fsp3) is 0.750. The molecule has 0 spiro atoms. The van der Waals surface area contributed by atoms with Crippen LogP contribution >= 0.6 is 0 Å². The Kier molecular flexibility index (Phi) is 6.11. The van der Waals surface area contributed by atoms with E-state index in [1.54, 1.807) is 7.11 Å². The van der Waals surface area contributed by atoms with Crippen LogP contribution in [0.4, 0.5) is 0 Å². The van der Waals surface area contributed by atoms with Crippen LogP contribution in [0.15, 0.2) is 10.6 Å². The standard InChI is InChI=1S/C12H22N2O2/c1-10(9-15-3)7-11-8-14-12(16-11)5-4-6-13-2/h8,10,13H,4-7,9H2,1-3H3. The predicted octanol–water partition coefficient (Wildman–Crippen LogP) is 1.65. The number of aryl methyl sites for hydroxylation is 1. The maximum atomic E-state index is 5.65. The molecule has 1 unspecified atom stereocenters. The zero-order valence-corrected chi connectivity index (χ0v) is 10.5. The first-order chi connectivity index (χ1) is 7.76. The summed E-state index contributed by atoms with van der Waals surface area (Å²) in [4.78, 5) is 4.27. The van der Waals surface area contributed by atoms with Crippen molar-refractivity contribution in [2.24, 2.45) is 5.92 Å². The number of aromatic nitrogens is 1. The summed E-state index contributed by atoms with van der Waals surface area (Å²) < 4.78 is 10.7. The third kappa shape index (κ3) is 4.77. The number of methoxy groups -OCH3 is 1. The highest BCUT2D eigenvalue weighted by Gasteiger charge is 2.08. The molecule has 92 valence electrons. The molecule has 0 fully saturated rings. The maximum absolute atomic E-state index is 5.65. The molecule has 0 aliphatic carbocycles. The van der Waals surface area contributed by atoms with E-state index in [9.17, 15) is 0 Å². The molecule has 0 aliphatic rings. The summed E-state index contributed by atoms with van der Waals surface area (Å²) in [6.07, 6.45) is 4.69. The van der Waals surface area contributed by atoms with Gasteiger partial charge >= 0.3 is 0 Å². The van der Waals surface area contributed by atoms with Crippen molar-refractivity contribution in [2.45, 2.75) is 26.2 Å². The minimum atomic E-state index is 0.475. The van der Waals surface area contributed by atoms with Gasteiger partial charge in [-0.1, -0.05) is 6.92 Å². The molecule has 0 aliphatic heterocycles. The molecule has 1 atom stereocenters. The van der Waals surface area contributed by atoms with Crippen LogP contribution in [-0.4, -0.2) is 32.3 Å². The average molecular weight is 226 g/mol. The molecule has 0 radical (unpaired) electrons. The van der Waals surface area contributed by atoms with Crippen LogP contribution in [0.25, 0.3) is 0 Å². The molecule has 0 saturated carbocycles. The minimum Gasteiger partial charge on any atom is -0.446 e. The molecule has 1 N–H and O–H groups in total. The Morgan fingerprint density at radius 1 is 1.56 bits per heavy atom. The van der Waals surface area contributed by atoms with Gasteiger partial charge in [-0.05, 0) is 25.9 Å². The van der Waals surface area contributed by atoms with Gasteiger partial charge in [0.25, 0.3) is 0 Å². The number of ether oxygens (including phenoxy) is 1. The molecule has 0 saturated heterocycles. The first kappa shape index (κ1) is 13.2. The summed E-state index contributed by atoms with van der Waals surface area (Å²) in [5.74, 6) is 2.28. The Labute approximate surface area is 97.4 Å². The lowest BCUT2D eigenvalue weighted by atomic mass is 10.1. The van der Waals surface area contributed by atoms with E-state index < -0.39 is 0 Å². The van der Waals surface area contributed by atoms with E-state index in [4.69, 9.17) is 9.15 Å². The fourth-order valence-corrected chi connectivity index (χ4v) is 1.66. The number of nitrogens with zero attached hydrogens (tertiary/aromatic N) is 1. The Hall–Kier alpha value is -0.870. The highest BCUT2D eigenvalue weighted by atomic mass is 16.5. The molecular formula is C12H22N2O2. The Balaban J connectivity index is 2.33.